The molecule has 0 fully saturated rings. The fourth-order valence-electron chi connectivity index (χ4n) is 3.32. The average Bonchev–Trinajstić information content (AvgIpc) is 3.30. The largest absolute Gasteiger partial charge is 0.495 e. The maximum absolute atomic E-state index is 12.6. The van der Waals surface area contributed by atoms with E-state index in [-0.39, 0.29) is 19.1 Å². The fourth-order valence-corrected chi connectivity index (χ4v) is 3.32. The van der Waals surface area contributed by atoms with Crippen molar-refractivity contribution in [3.8, 4) is 17.2 Å². The van der Waals surface area contributed by atoms with Crippen molar-refractivity contribution in [3.05, 3.63) is 77.9 Å². The monoisotopic (exact) mass is 517 g/mol. The van der Waals surface area contributed by atoms with Gasteiger partial charge in [-0.1, -0.05) is 18.2 Å². The van der Waals surface area contributed by atoms with E-state index in [1.54, 1.807) is 50.8 Å². The molecule has 0 aliphatic carbocycles. The molecule has 196 valence electrons. The Balaban J connectivity index is 1.55. The Morgan fingerprint density at radius 1 is 1.14 bits per heavy atom. The van der Waals surface area contributed by atoms with Crippen molar-refractivity contribution in [3.63, 3.8) is 0 Å². The molecule has 3 aromatic rings. The first-order valence-electron chi connectivity index (χ1n) is 11.1. The van der Waals surface area contributed by atoms with Gasteiger partial charge in [-0.05, 0) is 48.4 Å². The molecule has 0 bridgehead atoms. The van der Waals surface area contributed by atoms with Crippen LogP contribution >= 0.6 is 0 Å². The Hall–Kier alpha value is -4.28. The van der Waals surface area contributed by atoms with Gasteiger partial charge in [-0.25, -0.2) is 9.78 Å². The van der Waals surface area contributed by atoms with Crippen LogP contribution in [0.25, 0.3) is 11.8 Å². The van der Waals surface area contributed by atoms with Gasteiger partial charge in [0, 0.05) is 25.9 Å². The van der Waals surface area contributed by atoms with Gasteiger partial charge in [0.1, 0.15) is 24.7 Å². The number of nitrogens with zero attached hydrogens (tertiary/aromatic N) is 3. The highest BCUT2D eigenvalue weighted by Gasteiger charge is 2.40. The topological polar surface area (TPSA) is 82.9 Å². The number of esters is 1. The Morgan fingerprint density at radius 3 is 2.59 bits per heavy atom. The highest BCUT2D eigenvalue weighted by atomic mass is 19.4. The number of halogens is 3. The van der Waals surface area contributed by atoms with Crippen LogP contribution < -0.4 is 9.47 Å². The van der Waals surface area contributed by atoms with E-state index in [4.69, 9.17) is 9.47 Å². The maximum atomic E-state index is 12.6. The van der Waals surface area contributed by atoms with Crippen LogP contribution in [-0.4, -0.2) is 59.9 Å². The first-order valence-corrected chi connectivity index (χ1v) is 11.1. The number of hydrogen-bond acceptors (Lipinski definition) is 6. The van der Waals surface area contributed by atoms with E-state index in [0.717, 1.165) is 22.5 Å². The summed E-state index contributed by atoms with van der Waals surface area (Å²) in [4.78, 5) is 29.1. The number of carbonyl (C=O) groups is 2. The van der Waals surface area contributed by atoms with Gasteiger partial charge in [-0.3, -0.25) is 4.79 Å². The molecule has 8 nitrogen and oxygen atoms in total. The SMILES string of the molecule is COc1cc(/C=C/C(=O)N(C)Cc2cccc(OCCOC(=O)C(F)(F)F)c2)ccc1-n1cnc(C)c1. The van der Waals surface area contributed by atoms with E-state index in [2.05, 4.69) is 9.72 Å². The molecule has 2 aromatic carbocycles. The van der Waals surface area contributed by atoms with Crippen LogP contribution in [-0.2, 0) is 20.9 Å². The van der Waals surface area contributed by atoms with Crippen LogP contribution in [0.5, 0.6) is 11.5 Å². The number of benzene rings is 2. The lowest BCUT2D eigenvalue weighted by atomic mass is 10.1. The number of alkyl halides is 3. The molecule has 1 aromatic heterocycles. The second kappa shape index (κ2) is 12.1. The lowest BCUT2D eigenvalue weighted by Gasteiger charge is -2.16. The van der Waals surface area contributed by atoms with Gasteiger partial charge in [0.05, 0.1) is 24.8 Å². The van der Waals surface area contributed by atoms with Crippen LogP contribution in [0.2, 0.25) is 0 Å². The maximum Gasteiger partial charge on any atom is 0.490 e. The molecule has 0 aliphatic heterocycles. The minimum Gasteiger partial charge on any atom is -0.495 e. The molecule has 1 heterocycles. The number of aryl methyl sites for hydroxylation is 1. The van der Waals surface area contributed by atoms with Crippen molar-refractivity contribution >= 4 is 18.0 Å². The van der Waals surface area contributed by atoms with Crippen LogP contribution in [0.4, 0.5) is 13.2 Å². The van der Waals surface area contributed by atoms with Crippen molar-refractivity contribution < 1.29 is 37.0 Å². The van der Waals surface area contributed by atoms with E-state index >= 15 is 0 Å². The number of hydrogen-bond donors (Lipinski definition) is 0. The molecule has 37 heavy (non-hydrogen) atoms. The third-order valence-electron chi connectivity index (χ3n) is 5.12. The van der Waals surface area contributed by atoms with Gasteiger partial charge in [-0.15, -0.1) is 0 Å². The minimum atomic E-state index is -5.04. The van der Waals surface area contributed by atoms with Gasteiger partial charge in [0.2, 0.25) is 5.91 Å². The van der Waals surface area contributed by atoms with Gasteiger partial charge in [0.15, 0.2) is 0 Å². The Kier molecular flexibility index (Phi) is 8.94. The van der Waals surface area contributed by atoms with Crippen LogP contribution in [0, 0.1) is 6.92 Å². The molecular weight excluding hydrogens is 491 g/mol. The van der Waals surface area contributed by atoms with Crippen LogP contribution in [0.1, 0.15) is 16.8 Å². The second-order valence-corrected chi connectivity index (χ2v) is 8.01. The number of rotatable bonds is 10. The fraction of sp³-hybridized carbons (Fsp3) is 0.269. The highest BCUT2D eigenvalue weighted by Crippen LogP contribution is 2.25. The predicted molar refractivity (Wildman–Crippen MR) is 129 cm³/mol. The van der Waals surface area contributed by atoms with Crippen molar-refractivity contribution in [2.24, 2.45) is 0 Å². The van der Waals surface area contributed by atoms with Gasteiger partial charge < -0.3 is 23.7 Å². The Morgan fingerprint density at radius 2 is 1.92 bits per heavy atom. The molecule has 0 atom stereocenters. The van der Waals surface area contributed by atoms with Crippen LogP contribution in [0.15, 0.2) is 61.1 Å². The molecular formula is C26H26F3N3O5. The third-order valence-corrected chi connectivity index (χ3v) is 5.12. The molecule has 0 unspecified atom stereocenters. The molecule has 0 aliphatic rings. The Bertz CT molecular complexity index is 1270. The van der Waals surface area contributed by atoms with E-state index in [0.29, 0.717) is 11.5 Å². The number of methoxy groups -OCH3 is 1. The van der Waals surface area contributed by atoms with Gasteiger partial charge in [-0.2, -0.15) is 13.2 Å². The number of imidazole rings is 1. The van der Waals surface area contributed by atoms with Crippen LogP contribution in [0.3, 0.4) is 0 Å². The number of likely N-dealkylation sites (N-methyl/N-ethyl adjacent to an activating group) is 1. The van der Waals surface area contributed by atoms with Crippen molar-refractivity contribution in [1.82, 2.24) is 14.5 Å². The normalized spacial score (nSPS) is 11.4. The molecule has 0 radical (unpaired) electrons. The summed E-state index contributed by atoms with van der Waals surface area (Å²) in [6, 6.07) is 12.3. The molecule has 1 amide bonds. The third kappa shape index (κ3) is 7.86. The molecule has 0 N–H and O–H groups in total. The summed E-state index contributed by atoms with van der Waals surface area (Å²) < 4.78 is 53.2. The lowest BCUT2D eigenvalue weighted by Crippen LogP contribution is -2.27. The van der Waals surface area contributed by atoms with E-state index in [1.165, 1.54) is 11.0 Å². The summed E-state index contributed by atoms with van der Waals surface area (Å²) in [5.74, 6) is -1.50. The Labute approximate surface area is 211 Å². The summed E-state index contributed by atoms with van der Waals surface area (Å²) in [7, 11) is 3.21. The summed E-state index contributed by atoms with van der Waals surface area (Å²) in [5, 5.41) is 0. The number of ether oxygens (including phenoxy) is 3. The van der Waals surface area contributed by atoms with Crippen molar-refractivity contribution in [1.29, 1.82) is 0 Å². The van der Waals surface area contributed by atoms with Crippen molar-refractivity contribution in [2.45, 2.75) is 19.6 Å². The lowest BCUT2D eigenvalue weighted by molar-refractivity contribution is -0.200. The predicted octanol–water partition coefficient (Wildman–Crippen LogP) is 4.35. The van der Waals surface area contributed by atoms with E-state index < -0.39 is 18.8 Å². The average molecular weight is 518 g/mol. The smallest absolute Gasteiger partial charge is 0.490 e. The van der Waals surface area contributed by atoms with Gasteiger partial charge >= 0.3 is 12.1 Å². The van der Waals surface area contributed by atoms with E-state index in [9.17, 15) is 22.8 Å². The summed E-state index contributed by atoms with van der Waals surface area (Å²) in [5.41, 5.74) is 3.23. The summed E-state index contributed by atoms with van der Waals surface area (Å²) in [6.45, 7) is 1.38. The summed E-state index contributed by atoms with van der Waals surface area (Å²) in [6.07, 6.45) is 1.68. The minimum absolute atomic E-state index is 0.237. The molecule has 11 heteroatoms. The molecule has 0 spiro atoms. The second-order valence-electron chi connectivity index (χ2n) is 8.01. The highest BCUT2D eigenvalue weighted by molar-refractivity contribution is 5.91. The molecule has 0 saturated carbocycles. The zero-order valence-corrected chi connectivity index (χ0v) is 20.5. The van der Waals surface area contributed by atoms with Crippen molar-refractivity contribution in [2.75, 3.05) is 27.4 Å². The molecule has 0 saturated heterocycles. The first kappa shape index (κ1) is 27.3. The molecule has 3 rings (SSSR count). The quantitative estimate of drug-likeness (QED) is 0.226. The number of aromatic nitrogens is 2. The van der Waals surface area contributed by atoms with Gasteiger partial charge in [0.25, 0.3) is 0 Å². The zero-order valence-electron chi connectivity index (χ0n) is 20.5. The standard InChI is InChI=1S/C26H26F3N3O5/c1-18-15-32(17-30-18)22-9-7-19(14-23(22)35-3)8-10-24(33)31(2)16-20-5-4-6-21(13-20)36-11-12-37-25(34)26(27,28)29/h4-10,13-15,17H,11-12,16H2,1-3H3/b10-8+. The number of carbonyl (C=O) groups excluding carboxylic acids is 2. The zero-order chi connectivity index (χ0) is 27.0. The number of amides is 1. The summed E-state index contributed by atoms with van der Waals surface area (Å²) >= 11 is 0. The van der Waals surface area contributed by atoms with E-state index in [1.807, 2.05) is 35.9 Å². The first-order chi connectivity index (χ1) is 17.6.